The Morgan fingerprint density at radius 3 is 2.30 bits per heavy atom. The average Bonchev–Trinajstić information content (AvgIpc) is 2.90. The fraction of sp³-hybridized carbons (Fsp3) is 0.556. The van der Waals surface area contributed by atoms with Gasteiger partial charge in [0.2, 0.25) is 5.91 Å². The zero-order valence-electron chi connectivity index (χ0n) is 22.9. The van der Waals surface area contributed by atoms with Crippen molar-refractivity contribution in [2.75, 3.05) is 58.4 Å². The molecule has 1 N–H and O–H groups in total. The van der Waals surface area contributed by atoms with Crippen LogP contribution in [0.5, 0.6) is 11.5 Å². The summed E-state index contributed by atoms with van der Waals surface area (Å²) in [7, 11) is 3.23. The number of nitrogens with zero attached hydrogens (tertiary/aromatic N) is 5. The first kappa shape index (κ1) is 28.0. The molecular formula is C27H40N6O4. The van der Waals surface area contributed by atoms with E-state index in [1.807, 2.05) is 49.1 Å². The van der Waals surface area contributed by atoms with Crippen LogP contribution in [0.4, 0.5) is 10.6 Å². The highest BCUT2D eigenvalue weighted by Crippen LogP contribution is 2.32. The monoisotopic (exact) mass is 512 g/mol. The number of aromatic nitrogens is 2. The first-order chi connectivity index (χ1) is 17.7. The van der Waals surface area contributed by atoms with Gasteiger partial charge < -0.3 is 29.5 Å². The molecule has 1 aromatic carbocycles. The van der Waals surface area contributed by atoms with Gasteiger partial charge in [-0.15, -0.1) is 10.2 Å². The summed E-state index contributed by atoms with van der Waals surface area (Å²) in [5.41, 5.74) is 1.54. The zero-order valence-corrected chi connectivity index (χ0v) is 22.9. The van der Waals surface area contributed by atoms with Gasteiger partial charge in [-0.05, 0) is 50.5 Å². The van der Waals surface area contributed by atoms with Crippen molar-refractivity contribution in [1.29, 1.82) is 0 Å². The molecule has 0 spiro atoms. The number of urea groups is 1. The molecule has 0 saturated carbocycles. The van der Waals surface area contributed by atoms with E-state index >= 15 is 0 Å². The second kappa shape index (κ2) is 13.1. The molecule has 1 aliphatic heterocycles. The number of piperazine rings is 1. The molecule has 1 aromatic heterocycles. The maximum Gasteiger partial charge on any atom is 0.318 e. The zero-order chi connectivity index (χ0) is 26.9. The molecule has 10 nitrogen and oxygen atoms in total. The van der Waals surface area contributed by atoms with Crippen LogP contribution in [0.25, 0.3) is 11.3 Å². The van der Waals surface area contributed by atoms with Crippen LogP contribution in [0.2, 0.25) is 0 Å². The Morgan fingerprint density at radius 1 is 1.00 bits per heavy atom. The van der Waals surface area contributed by atoms with Crippen LogP contribution < -0.4 is 19.7 Å². The summed E-state index contributed by atoms with van der Waals surface area (Å²) in [5.74, 6) is 2.55. The number of rotatable bonds is 10. The summed E-state index contributed by atoms with van der Waals surface area (Å²) in [6.45, 7) is 11.1. The van der Waals surface area contributed by atoms with Crippen molar-refractivity contribution >= 4 is 17.8 Å². The van der Waals surface area contributed by atoms with Crippen molar-refractivity contribution in [2.45, 2.75) is 40.2 Å². The van der Waals surface area contributed by atoms with Crippen molar-refractivity contribution in [3.05, 3.63) is 30.3 Å². The number of hydrogen-bond acceptors (Lipinski definition) is 7. The smallest absolute Gasteiger partial charge is 0.318 e. The van der Waals surface area contributed by atoms with E-state index in [4.69, 9.17) is 9.47 Å². The third kappa shape index (κ3) is 7.71. The predicted molar refractivity (Wildman–Crippen MR) is 144 cm³/mol. The summed E-state index contributed by atoms with van der Waals surface area (Å²) >= 11 is 0. The third-order valence-electron chi connectivity index (χ3n) is 6.29. The Kier molecular flexibility index (Phi) is 9.93. The maximum absolute atomic E-state index is 13.0. The minimum absolute atomic E-state index is 0.0194. The van der Waals surface area contributed by atoms with E-state index in [1.54, 1.807) is 19.1 Å². The Labute approximate surface area is 219 Å². The lowest BCUT2D eigenvalue weighted by atomic mass is 10.1. The standard InChI is InChI=1S/C27H40N6O4/c1-19(2)11-12-33(27(35)28-20(3)4)18-26(34)32-15-13-31(14-16-32)25-10-9-23(29-30-25)22-8-7-21(36-5)17-24(22)37-6/h7-10,17,19-20H,11-16,18H2,1-6H3,(H,28,35). The molecule has 37 heavy (non-hydrogen) atoms. The average molecular weight is 513 g/mol. The minimum Gasteiger partial charge on any atom is -0.497 e. The largest absolute Gasteiger partial charge is 0.497 e. The fourth-order valence-corrected chi connectivity index (χ4v) is 4.10. The van der Waals surface area contributed by atoms with E-state index in [-0.39, 0.29) is 24.5 Å². The number of benzene rings is 1. The molecular weight excluding hydrogens is 472 g/mol. The molecule has 202 valence electrons. The number of anilines is 1. The third-order valence-corrected chi connectivity index (χ3v) is 6.29. The summed E-state index contributed by atoms with van der Waals surface area (Å²) < 4.78 is 10.8. The van der Waals surface area contributed by atoms with Gasteiger partial charge in [-0.1, -0.05) is 13.8 Å². The number of carbonyl (C=O) groups excluding carboxylic acids is 2. The van der Waals surface area contributed by atoms with Crippen LogP contribution in [0.1, 0.15) is 34.1 Å². The number of carbonyl (C=O) groups is 2. The highest BCUT2D eigenvalue weighted by Gasteiger charge is 2.26. The van der Waals surface area contributed by atoms with Crippen molar-refractivity contribution in [2.24, 2.45) is 5.92 Å². The van der Waals surface area contributed by atoms with E-state index in [0.717, 1.165) is 17.8 Å². The number of ether oxygens (including phenoxy) is 2. The lowest BCUT2D eigenvalue weighted by Gasteiger charge is -2.36. The van der Waals surface area contributed by atoms with Gasteiger partial charge in [-0.3, -0.25) is 4.79 Å². The summed E-state index contributed by atoms with van der Waals surface area (Å²) in [6, 6.07) is 9.27. The van der Waals surface area contributed by atoms with E-state index in [0.29, 0.717) is 55.8 Å². The van der Waals surface area contributed by atoms with Gasteiger partial charge in [-0.2, -0.15) is 0 Å². The van der Waals surface area contributed by atoms with E-state index < -0.39 is 0 Å². The van der Waals surface area contributed by atoms with Gasteiger partial charge in [0.1, 0.15) is 18.0 Å². The van der Waals surface area contributed by atoms with Crippen molar-refractivity contribution < 1.29 is 19.1 Å². The molecule has 0 radical (unpaired) electrons. The van der Waals surface area contributed by atoms with E-state index in [2.05, 4.69) is 34.3 Å². The van der Waals surface area contributed by atoms with E-state index in [9.17, 15) is 9.59 Å². The van der Waals surface area contributed by atoms with Crippen LogP contribution >= 0.6 is 0 Å². The summed E-state index contributed by atoms with van der Waals surface area (Å²) in [6.07, 6.45) is 0.851. The topological polar surface area (TPSA) is 100 Å². The quantitative estimate of drug-likeness (QED) is 0.521. The molecule has 1 fully saturated rings. The van der Waals surface area contributed by atoms with Crippen molar-refractivity contribution in [3.63, 3.8) is 0 Å². The fourth-order valence-electron chi connectivity index (χ4n) is 4.10. The van der Waals surface area contributed by atoms with Gasteiger partial charge in [0.25, 0.3) is 0 Å². The van der Waals surface area contributed by atoms with Crippen LogP contribution in [0.15, 0.2) is 30.3 Å². The van der Waals surface area contributed by atoms with Gasteiger partial charge in [0.05, 0.1) is 19.9 Å². The highest BCUT2D eigenvalue weighted by molar-refractivity contribution is 5.84. The van der Waals surface area contributed by atoms with Gasteiger partial charge in [-0.25, -0.2) is 4.79 Å². The Morgan fingerprint density at radius 2 is 1.73 bits per heavy atom. The summed E-state index contributed by atoms with van der Waals surface area (Å²) in [4.78, 5) is 31.2. The molecule has 2 aromatic rings. The molecule has 0 atom stereocenters. The SMILES string of the molecule is COc1ccc(-c2ccc(N3CCN(C(=O)CN(CCC(C)C)C(=O)NC(C)C)CC3)nn2)c(OC)c1. The highest BCUT2D eigenvalue weighted by atomic mass is 16.5. The molecule has 1 aliphatic rings. The Balaban J connectivity index is 1.59. The van der Waals surface area contributed by atoms with Crippen molar-refractivity contribution in [1.82, 2.24) is 25.3 Å². The van der Waals surface area contributed by atoms with Gasteiger partial charge >= 0.3 is 6.03 Å². The maximum atomic E-state index is 13.0. The molecule has 3 amide bonds. The lowest BCUT2D eigenvalue weighted by Crippen LogP contribution is -2.53. The first-order valence-corrected chi connectivity index (χ1v) is 12.9. The first-order valence-electron chi connectivity index (χ1n) is 12.9. The predicted octanol–water partition coefficient (Wildman–Crippen LogP) is 3.28. The molecule has 0 unspecified atom stereocenters. The van der Waals surface area contributed by atoms with Crippen LogP contribution in [0.3, 0.4) is 0 Å². The second-order valence-corrected chi connectivity index (χ2v) is 9.92. The molecule has 0 aliphatic carbocycles. The molecule has 0 bridgehead atoms. The normalized spacial score (nSPS) is 13.6. The number of nitrogens with one attached hydrogen (secondary N) is 1. The molecule has 2 heterocycles. The number of methoxy groups -OCH3 is 2. The summed E-state index contributed by atoms with van der Waals surface area (Å²) in [5, 5.41) is 11.8. The molecule has 3 rings (SSSR count). The van der Waals surface area contributed by atoms with E-state index in [1.165, 1.54) is 0 Å². The van der Waals surface area contributed by atoms with Crippen LogP contribution in [-0.2, 0) is 4.79 Å². The molecule has 1 saturated heterocycles. The number of hydrogen-bond donors (Lipinski definition) is 1. The van der Waals surface area contributed by atoms with Crippen LogP contribution in [-0.4, -0.2) is 91.5 Å². The Bertz CT molecular complexity index is 1040. The van der Waals surface area contributed by atoms with Crippen molar-refractivity contribution in [3.8, 4) is 22.8 Å². The van der Waals surface area contributed by atoms with Gasteiger partial charge in [0.15, 0.2) is 5.82 Å². The lowest BCUT2D eigenvalue weighted by molar-refractivity contribution is -0.132. The molecule has 10 heteroatoms. The van der Waals surface area contributed by atoms with Gasteiger partial charge in [0, 0.05) is 50.4 Å². The van der Waals surface area contributed by atoms with Crippen LogP contribution in [0, 0.1) is 5.92 Å². The Hall–Kier alpha value is -3.56. The number of amides is 3. The second-order valence-electron chi connectivity index (χ2n) is 9.92. The minimum atomic E-state index is -0.188.